The number of esters is 1. The van der Waals surface area contributed by atoms with E-state index in [0.717, 1.165) is 12.2 Å². The summed E-state index contributed by atoms with van der Waals surface area (Å²) in [5.74, 6) is 2.06. The summed E-state index contributed by atoms with van der Waals surface area (Å²) in [6.07, 6.45) is 3.29. The van der Waals surface area contributed by atoms with Crippen LogP contribution in [0.2, 0.25) is 11.6 Å². The molecule has 2 nitrogen and oxygen atoms in total. The molecule has 3 fully saturated rings. The first-order valence-electron chi connectivity index (χ1n) is 4.37. The predicted octanol–water partition coefficient (Wildman–Crippen LogP) is 1.01. The summed E-state index contributed by atoms with van der Waals surface area (Å²) in [6, 6.07) is 0. The molecular weight excluding hydrogens is 139 g/mol. The topological polar surface area (TPSA) is 26.3 Å². The first-order chi connectivity index (χ1) is 5.33. The van der Waals surface area contributed by atoms with Crippen LogP contribution in [0.3, 0.4) is 0 Å². The molecule has 2 bridgehead atoms. The molecule has 3 heterocycles. The highest BCUT2D eigenvalue weighted by atomic mass is 16.5. The minimum atomic E-state index is 0.0324. The van der Waals surface area contributed by atoms with Crippen LogP contribution in [0.15, 0.2) is 0 Å². The molecule has 4 atom stereocenters. The standard InChI is InChI=1S/C8H10BO2/c10-7-2-4-1-5-3-6(11-7)8(4)9-5/h4-6,8H,1-3H2. The van der Waals surface area contributed by atoms with Gasteiger partial charge < -0.3 is 4.74 Å². The molecule has 11 heavy (non-hydrogen) atoms. The quantitative estimate of drug-likeness (QED) is 0.379. The molecular formula is C8H10BO2. The molecule has 0 aliphatic carbocycles. The van der Waals surface area contributed by atoms with Crippen molar-refractivity contribution in [3.8, 4) is 0 Å². The van der Waals surface area contributed by atoms with Gasteiger partial charge in [0.1, 0.15) is 7.28 Å². The van der Waals surface area contributed by atoms with Gasteiger partial charge in [0.2, 0.25) is 0 Å². The van der Waals surface area contributed by atoms with Gasteiger partial charge in [-0.15, -0.1) is 0 Å². The molecule has 4 unspecified atom stereocenters. The minimum absolute atomic E-state index is 0.0324. The van der Waals surface area contributed by atoms with E-state index in [0.29, 0.717) is 18.2 Å². The summed E-state index contributed by atoms with van der Waals surface area (Å²) in [6.45, 7) is 0. The largest absolute Gasteiger partial charge is 0.463 e. The van der Waals surface area contributed by atoms with Gasteiger partial charge in [-0.2, -0.15) is 0 Å². The summed E-state index contributed by atoms with van der Waals surface area (Å²) < 4.78 is 5.24. The van der Waals surface area contributed by atoms with Crippen molar-refractivity contribution < 1.29 is 9.53 Å². The fourth-order valence-electron chi connectivity index (χ4n) is 2.93. The molecule has 3 rings (SSSR count). The van der Waals surface area contributed by atoms with Crippen molar-refractivity contribution in [1.29, 1.82) is 0 Å². The molecule has 57 valence electrons. The number of ether oxygens (including phenoxy) is 1. The summed E-state index contributed by atoms with van der Waals surface area (Å²) in [5.41, 5.74) is 0. The van der Waals surface area contributed by atoms with Crippen molar-refractivity contribution in [3.05, 3.63) is 0 Å². The highest BCUT2D eigenvalue weighted by Gasteiger charge is 2.51. The van der Waals surface area contributed by atoms with Crippen molar-refractivity contribution >= 4 is 13.2 Å². The van der Waals surface area contributed by atoms with Gasteiger partial charge in [0.25, 0.3) is 0 Å². The number of rotatable bonds is 0. The van der Waals surface area contributed by atoms with Crippen molar-refractivity contribution in [2.24, 2.45) is 5.92 Å². The lowest BCUT2D eigenvalue weighted by atomic mass is 9.64. The van der Waals surface area contributed by atoms with E-state index in [4.69, 9.17) is 4.74 Å². The average molecular weight is 149 g/mol. The smallest absolute Gasteiger partial charge is 0.306 e. The summed E-state index contributed by atoms with van der Waals surface area (Å²) in [4.78, 5) is 11.0. The normalized spacial score (nSPS) is 52.2. The lowest BCUT2D eigenvalue weighted by Crippen LogP contribution is -2.33. The third-order valence-electron chi connectivity index (χ3n) is 3.32. The molecule has 0 amide bonds. The van der Waals surface area contributed by atoms with Crippen LogP contribution < -0.4 is 0 Å². The Hall–Kier alpha value is -0.465. The third kappa shape index (κ3) is 0.714. The van der Waals surface area contributed by atoms with Crippen molar-refractivity contribution in [2.45, 2.75) is 37.0 Å². The molecule has 0 aromatic carbocycles. The highest BCUT2D eigenvalue weighted by molar-refractivity contribution is 6.42. The van der Waals surface area contributed by atoms with Gasteiger partial charge in [0, 0.05) is 6.42 Å². The van der Waals surface area contributed by atoms with Crippen LogP contribution in [0.25, 0.3) is 0 Å². The van der Waals surface area contributed by atoms with Crippen LogP contribution in [0.1, 0.15) is 19.3 Å². The number of hydrogen-bond donors (Lipinski definition) is 0. The van der Waals surface area contributed by atoms with Crippen LogP contribution in [0.5, 0.6) is 0 Å². The Labute approximate surface area is 66.5 Å². The monoisotopic (exact) mass is 149 g/mol. The molecule has 0 spiro atoms. The van der Waals surface area contributed by atoms with Gasteiger partial charge >= 0.3 is 5.97 Å². The van der Waals surface area contributed by atoms with Crippen molar-refractivity contribution in [2.75, 3.05) is 0 Å². The Morgan fingerprint density at radius 3 is 3.09 bits per heavy atom. The maximum atomic E-state index is 11.0. The second kappa shape index (κ2) is 1.82. The Kier molecular flexibility index (Phi) is 1.01. The summed E-state index contributed by atoms with van der Waals surface area (Å²) in [5, 5.41) is 0. The first kappa shape index (κ1) is 6.10. The zero-order chi connectivity index (χ0) is 7.42. The van der Waals surface area contributed by atoms with Gasteiger partial charge in [-0.05, 0) is 18.2 Å². The molecule has 3 saturated heterocycles. The molecule has 3 aliphatic rings. The number of carbonyl (C=O) groups excluding carboxylic acids is 1. The summed E-state index contributed by atoms with van der Waals surface area (Å²) >= 11 is 0. The molecule has 3 aliphatic heterocycles. The zero-order valence-corrected chi connectivity index (χ0v) is 6.32. The SMILES string of the molecule is O=C1CC2CC3[B]C2C(C3)O1. The lowest BCUT2D eigenvalue weighted by Gasteiger charge is -2.34. The second-order valence-electron chi connectivity index (χ2n) is 3.99. The van der Waals surface area contributed by atoms with E-state index in [9.17, 15) is 4.79 Å². The van der Waals surface area contributed by atoms with Gasteiger partial charge in [-0.1, -0.05) is 12.2 Å². The maximum Gasteiger partial charge on any atom is 0.306 e. The van der Waals surface area contributed by atoms with Gasteiger partial charge in [0.15, 0.2) is 0 Å². The van der Waals surface area contributed by atoms with Crippen LogP contribution in [-0.2, 0) is 9.53 Å². The van der Waals surface area contributed by atoms with Crippen LogP contribution >= 0.6 is 0 Å². The van der Waals surface area contributed by atoms with Gasteiger partial charge in [-0.3, -0.25) is 4.79 Å². The molecule has 0 N–H and O–H groups in total. The van der Waals surface area contributed by atoms with E-state index in [1.807, 2.05) is 0 Å². The fourth-order valence-corrected chi connectivity index (χ4v) is 2.93. The van der Waals surface area contributed by atoms with Crippen molar-refractivity contribution in [1.82, 2.24) is 0 Å². The van der Waals surface area contributed by atoms with E-state index in [-0.39, 0.29) is 12.1 Å². The lowest BCUT2D eigenvalue weighted by molar-refractivity contribution is -0.157. The fraction of sp³-hybridized carbons (Fsp3) is 0.875. The molecule has 0 saturated carbocycles. The average Bonchev–Trinajstić information content (AvgIpc) is 2.41. The van der Waals surface area contributed by atoms with E-state index < -0.39 is 0 Å². The Bertz CT molecular complexity index is 198. The third-order valence-corrected chi connectivity index (χ3v) is 3.32. The zero-order valence-electron chi connectivity index (χ0n) is 6.32. The number of fused-ring (bicyclic) bond motifs is 1. The van der Waals surface area contributed by atoms with E-state index in [1.165, 1.54) is 6.42 Å². The Balaban J connectivity index is 1.92. The minimum Gasteiger partial charge on any atom is -0.463 e. The molecule has 0 aromatic heterocycles. The predicted molar refractivity (Wildman–Crippen MR) is 40.5 cm³/mol. The van der Waals surface area contributed by atoms with E-state index in [2.05, 4.69) is 7.28 Å². The van der Waals surface area contributed by atoms with Crippen LogP contribution in [-0.4, -0.2) is 19.4 Å². The van der Waals surface area contributed by atoms with E-state index >= 15 is 0 Å². The van der Waals surface area contributed by atoms with Crippen molar-refractivity contribution in [3.63, 3.8) is 0 Å². The molecule has 3 heteroatoms. The number of carbonyl (C=O) groups is 1. The Morgan fingerprint density at radius 1 is 1.45 bits per heavy atom. The van der Waals surface area contributed by atoms with Gasteiger partial charge in [-0.25, -0.2) is 0 Å². The van der Waals surface area contributed by atoms with E-state index in [1.54, 1.807) is 0 Å². The van der Waals surface area contributed by atoms with Crippen LogP contribution in [0, 0.1) is 5.92 Å². The Morgan fingerprint density at radius 2 is 2.36 bits per heavy atom. The second-order valence-corrected chi connectivity index (χ2v) is 3.99. The van der Waals surface area contributed by atoms with Crippen LogP contribution in [0.4, 0.5) is 0 Å². The highest BCUT2D eigenvalue weighted by Crippen LogP contribution is 2.55. The number of hydrogen-bond acceptors (Lipinski definition) is 2. The summed E-state index contributed by atoms with van der Waals surface area (Å²) in [7, 11) is 2.40. The maximum absolute atomic E-state index is 11.0. The molecule has 0 aromatic rings. The first-order valence-corrected chi connectivity index (χ1v) is 4.37. The molecule has 1 radical (unpaired) electrons. The van der Waals surface area contributed by atoms with Gasteiger partial charge in [0.05, 0.1) is 6.10 Å².